The van der Waals surface area contributed by atoms with Crippen LogP contribution in [0.15, 0.2) is 48.8 Å². The van der Waals surface area contributed by atoms with E-state index >= 15 is 0 Å². The van der Waals surface area contributed by atoms with E-state index in [2.05, 4.69) is 21.8 Å². The maximum atomic E-state index is 10.5. The topological polar surface area (TPSA) is 44.5 Å². The molecule has 1 fully saturated rings. The third kappa shape index (κ3) is 4.44. The van der Waals surface area contributed by atoms with Crippen LogP contribution in [0.5, 0.6) is 0 Å². The van der Waals surface area contributed by atoms with Crippen molar-refractivity contribution in [2.24, 2.45) is 0 Å². The number of hydrogen-bond donors (Lipinski definition) is 1. The summed E-state index contributed by atoms with van der Waals surface area (Å²) in [5.41, 5.74) is 1.01. The Morgan fingerprint density at radius 3 is 2.71 bits per heavy atom. The predicted octanol–water partition coefficient (Wildman–Crippen LogP) is 2.01. The molecule has 1 aliphatic rings. The molecule has 0 amide bonds. The summed E-state index contributed by atoms with van der Waals surface area (Å²) in [6.45, 7) is 8.07. The minimum Gasteiger partial charge on any atom is -0.387 e. The summed E-state index contributed by atoms with van der Waals surface area (Å²) in [5.74, 6) is 0. The highest BCUT2D eigenvalue weighted by molar-refractivity contribution is 5.17. The average molecular weight is 328 g/mol. The van der Waals surface area contributed by atoms with Crippen molar-refractivity contribution in [3.63, 3.8) is 0 Å². The van der Waals surface area contributed by atoms with E-state index in [1.807, 2.05) is 53.5 Å². The number of hydrogen-bond acceptors (Lipinski definition) is 4. The van der Waals surface area contributed by atoms with Crippen molar-refractivity contribution in [3.05, 3.63) is 54.4 Å². The van der Waals surface area contributed by atoms with E-state index < -0.39 is 6.10 Å². The summed E-state index contributed by atoms with van der Waals surface area (Å²) in [4.78, 5) is 4.96. The van der Waals surface area contributed by atoms with E-state index in [-0.39, 0.29) is 0 Å². The zero-order valence-electron chi connectivity index (χ0n) is 14.5. The second-order valence-corrected chi connectivity index (χ2v) is 6.55. The van der Waals surface area contributed by atoms with Gasteiger partial charge in [0.1, 0.15) is 0 Å². The lowest BCUT2D eigenvalue weighted by Crippen LogP contribution is -2.54. The lowest BCUT2D eigenvalue weighted by molar-refractivity contribution is 0.0295. The van der Waals surface area contributed by atoms with Crippen molar-refractivity contribution < 1.29 is 5.11 Å². The maximum absolute atomic E-state index is 10.5. The Hall–Kier alpha value is -1.69. The molecule has 2 atom stereocenters. The molecular weight excluding hydrogens is 300 g/mol. The molecule has 5 heteroatoms. The van der Waals surface area contributed by atoms with Crippen molar-refractivity contribution in [3.8, 4) is 0 Å². The molecule has 0 bridgehead atoms. The zero-order valence-corrected chi connectivity index (χ0v) is 14.5. The molecule has 5 nitrogen and oxygen atoms in total. The Morgan fingerprint density at radius 1 is 1.17 bits per heavy atom. The molecule has 1 aliphatic heterocycles. The van der Waals surface area contributed by atoms with E-state index in [9.17, 15) is 5.11 Å². The van der Waals surface area contributed by atoms with Crippen molar-refractivity contribution in [1.82, 2.24) is 19.6 Å². The first-order valence-corrected chi connectivity index (χ1v) is 8.93. The van der Waals surface area contributed by atoms with Crippen molar-refractivity contribution in [2.45, 2.75) is 32.0 Å². The van der Waals surface area contributed by atoms with E-state index in [0.717, 1.165) is 51.3 Å². The fourth-order valence-corrected chi connectivity index (χ4v) is 3.47. The second-order valence-electron chi connectivity index (χ2n) is 6.55. The fraction of sp³-hybridized carbons (Fsp3) is 0.526. The summed E-state index contributed by atoms with van der Waals surface area (Å²) < 4.78 is 1.99. The second kappa shape index (κ2) is 8.42. The molecule has 0 spiro atoms. The number of aliphatic hydroxyl groups is 1. The number of rotatable bonds is 7. The first-order valence-electron chi connectivity index (χ1n) is 8.93. The molecule has 2 aromatic rings. The molecule has 1 aromatic carbocycles. The van der Waals surface area contributed by atoms with Gasteiger partial charge in [0, 0.05) is 51.2 Å². The van der Waals surface area contributed by atoms with Crippen LogP contribution in [0.2, 0.25) is 0 Å². The van der Waals surface area contributed by atoms with Crippen LogP contribution in [0, 0.1) is 0 Å². The highest BCUT2D eigenvalue weighted by atomic mass is 16.3. The number of β-amino-alcohol motifs (C(OH)–C–C–N with tert-alkyl or cyclic N) is 1. The summed E-state index contributed by atoms with van der Waals surface area (Å²) in [7, 11) is 0. The van der Waals surface area contributed by atoms with Gasteiger partial charge in [-0.05, 0) is 18.1 Å². The zero-order chi connectivity index (χ0) is 16.8. The smallest absolute Gasteiger partial charge is 0.0917 e. The Morgan fingerprint density at radius 2 is 2.00 bits per heavy atom. The molecule has 130 valence electrons. The molecule has 1 N–H and O–H groups in total. The van der Waals surface area contributed by atoms with Crippen molar-refractivity contribution >= 4 is 0 Å². The van der Waals surface area contributed by atoms with Crippen LogP contribution in [0.4, 0.5) is 0 Å². The lowest BCUT2D eigenvalue weighted by Gasteiger charge is -2.42. The van der Waals surface area contributed by atoms with E-state index in [4.69, 9.17) is 0 Å². The van der Waals surface area contributed by atoms with Crippen molar-refractivity contribution in [1.29, 1.82) is 0 Å². The van der Waals surface area contributed by atoms with Crippen LogP contribution < -0.4 is 0 Å². The molecule has 0 saturated carbocycles. The normalized spacial score (nSPS) is 21.0. The van der Waals surface area contributed by atoms with Crippen LogP contribution in [0.3, 0.4) is 0 Å². The number of nitrogens with zero attached hydrogens (tertiary/aromatic N) is 4. The monoisotopic (exact) mass is 328 g/mol. The van der Waals surface area contributed by atoms with Gasteiger partial charge in [0.25, 0.3) is 0 Å². The maximum Gasteiger partial charge on any atom is 0.0917 e. The number of benzene rings is 1. The average Bonchev–Trinajstić information content (AvgIpc) is 3.15. The first-order chi connectivity index (χ1) is 11.8. The molecule has 1 saturated heterocycles. The fourth-order valence-electron chi connectivity index (χ4n) is 3.47. The molecular formula is C19H28N4O. The third-order valence-electron chi connectivity index (χ3n) is 4.96. The number of aromatic nitrogens is 2. The lowest BCUT2D eigenvalue weighted by atomic mass is 10.1. The van der Waals surface area contributed by atoms with Crippen LogP contribution in [0.25, 0.3) is 0 Å². The van der Waals surface area contributed by atoms with E-state index in [0.29, 0.717) is 6.04 Å². The van der Waals surface area contributed by atoms with Crippen LogP contribution in [0.1, 0.15) is 25.0 Å². The predicted molar refractivity (Wildman–Crippen MR) is 95.7 cm³/mol. The van der Waals surface area contributed by atoms with Gasteiger partial charge in [-0.15, -0.1) is 0 Å². The van der Waals surface area contributed by atoms with Crippen LogP contribution in [-0.4, -0.2) is 63.5 Å². The summed E-state index contributed by atoms with van der Waals surface area (Å²) in [6.07, 6.45) is 4.55. The van der Waals surface area contributed by atoms with Gasteiger partial charge in [0.15, 0.2) is 0 Å². The Kier molecular flexibility index (Phi) is 6.01. The first kappa shape index (κ1) is 17.1. The third-order valence-corrected chi connectivity index (χ3v) is 4.96. The minimum atomic E-state index is -0.407. The Bertz CT molecular complexity index is 587. The van der Waals surface area contributed by atoms with Gasteiger partial charge in [-0.1, -0.05) is 37.3 Å². The van der Waals surface area contributed by atoms with Gasteiger partial charge >= 0.3 is 0 Å². The summed E-state index contributed by atoms with van der Waals surface area (Å²) >= 11 is 0. The van der Waals surface area contributed by atoms with Gasteiger partial charge in [-0.3, -0.25) is 14.5 Å². The molecule has 0 aliphatic carbocycles. The Labute approximate surface area is 144 Å². The molecule has 1 aromatic heterocycles. The van der Waals surface area contributed by atoms with Crippen LogP contribution >= 0.6 is 0 Å². The largest absolute Gasteiger partial charge is 0.387 e. The molecule has 0 radical (unpaired) electrons. The van der Waals surface area contributed by atoms with Gasteiger partial charge in [-0.25, -0.2) is 0 Å². The van der Waals surface area contributed by atoms with Gasteiger partial charge in [0.2, 0.25) is 0 Å². The van der Waals surface area contributed by atoms with Crippen LogP contribution in [-0.2, 0) is 6.54 Å². The van der Waals surface area contributed by atoms with Gasteiger partial charge < -0.3 is 5.11 Å². The van der Waals surface area contributed by atoms with E-state index in [1.165, 1.54) is 0 Å². The standard InChI is InChI=1S/C19H28N4O/c1-2-18-15-21(12-14-23-10-6-9-20-23)11-13-22(18)16-19(24)17-7-4-3-5-8-17/h3-10,18-19,24H,2,11-16H2,1H3/t18-,19-/m0/s1. The molecule has 0 unspecified atom stereocenters. The molecule has 24 heavy (non-hydrogen) atoms. The molecule has 2 heterocycles. The SMILES string of the molecule is CC[C@H]1CN(CCn2cccn2)CCN1C[C@H](O)c1ccccc1. The quantitative estimate of drug-likeness (QED) is 0.844. The highest BCUT2D eigenvalue weighted by Gasteiger charge is 2.27. The summed E-state index contributed by atoms with van der Waals surface area (Å²) in [5, 5.41) is 14.8. The Balaban J connectivity index is 1.51. The molecule has 3 rings (SSSR count). The minimum absolute atomic E-state index is 0.407. The van der Waals surface area contributed by atoms with Gasteiger partial charge in [0.05, 0.1) is 12.6 Å². The summed E-state index contributed by atoms with van der Waals surface area (Å²) in [6, 6.07) is 12.5. The number of piperazine rings is 1. The van der Waals surface area contributed by atoms with Gasteiger partial charge in [-0.2, -0.15) is 5.10 Å². The highest BCUT2D eigenvalue weighted by Crippen LogP contribution is 2.19. The number of aliphatic hydroxyl groups excluding tert-OH is 1. The van der Waals surface area contributed by atoms with Crippen molar-refractivity contribution in [2.75, 3.05) is 32.7 Å². The van der Waals surface area contributed by atoms with E-state index in [1.54, 1.807) is 0 Å².